The van der Waals surface area contributed by atoms with Gasteiger partial charge >= 0.3 is 0 Å². The smallest absolute Gasteiger partial charge is 0.257 e. The predicted molar refractivity (Wildman–Crippen MR) is 128 cm³/mol. The van der Waals surface area contributed by atoms with E-state index in [9.17, 15) is 4.79 Å². The highest BCUT2D eigenvalue weighted by molar-refractivity contribution is 7.80. The fourth-order valence-corrected chi connectivity index (χ4v) is 3.85. The van der Waals surface area contributed by atoms with Gasteiger partial charge in [-0.1, -0.05) is 31.5 Å². The zero-order valence-corrected chi connectivity index (χ0v) is 19.0. The Kier molecular flexibility index (Phi) is 7.94. The maximum absolute atomic E-state index is 12.6. The number of halogens is 1. The number of para-hydroxylation sites is 1. The second-order valence-corrected chi connectivity index (χ2v) is 8.64. The fraction of sp³-hybridized carbons (Fsp3) is 0.391. The van der Waals surface area contributed by atoms with Gasteiger partial charge in [-0.2, -0.15) is 0 Å². The molecule has 0 spiro atoms. The number of piperidine rings is 1. The van der Waals surface area contributed by atoms with Crippen LogP contribution in [0.5, 0.6) is 5.75 Å². The van der Waals surface area contributed by atoms with Gasteiger partial charge in [-0.05, 0) is 73.8 Å². The fourth-order valence-electron chi connectivity index (χ4n) is 3.35. The van der Waals surface area contributed by atoms with Crippen molar-refractivity contribution in [1.29, 1.82) is 0 Å². The van der Waals surface area contributed by atoms with Crippen LogP contribution in [-0.2, 0) is 0 Å². The number of hydrogen-bond donors (Lipinski definition) is 2. The van der Waals surface area contributed by atoms with Crippen LogP contribution in [0, 0.1) is 5.92 Å². The highest BCUT2D eigenvalue weighted by Crippen LogP contribution is 2.35. The first-order valence-electron chi connectivity index (χ1n) is 10.3. The van der Waals surface area contributed by atoms with Crippen LogP contribution in [0.25, 0.3) is 0 Å². The molecule has 1 aliphatic rings. The van der Waals surface area contributed by atoms with Gasteiger partial charge in [-0.15, -0.1) is 0 Å². The third-order valence-corrected chi connectivity index (χ3v) is 5.34. The lowest BCUT2D eigenvalue weighted by Gasteiger charge is -2.31. The van der Waals surface area contributed by atoms with Crippen molar-refractivity contribution in [2.24, 2.45) is 5.92 Å². The van der Waals surface area contributed by atoms with Gasteiger partial charge in [0.15, 0.2) is 5.11 Å². The van der Waals surface area contributed by atoms with E-state index in [-0.39, 0.29) is 11.0 Å². The van der Waals surface area contributed by atoms with E-state index in [1.54, 1.807) is 24.3 Å². The van der Waals surface area contributed by atoms with E-state index in [0.29, 0.717) is 23.1 Å². The SMILES string of the molecule is CC(C)COc1ccc(C(=O)NC(=S)Nc2cccc(Cl)c2N2CCCCC2)cc1. The monoisotopic (exact) mass is 445 g/mol. The number of benzene rings is 2. The summed E-state index contributed by atoms with van der Waals surface area (Å²) in [5.74, 6) is 0.910. The van der Waals surface area contributed by atoms with Gasteiger partial charge in [0.2, 0.25) is 0 Å². The average molecular weight is 446 g/mol. The van der Waals surface area contributed by atoms with Gasteiger partial charge in [0.05, 0.1) is 23.0 Å². The van der Waals surface area contributed by atoms with Crippen molar-refractivity contribution in [2.75, 3.05) is 29.9 Å². The highest BCUT2D eigenvalue weighted by atomic mass is 35.5. The summed E-state index contributed by atoms with van der Waals surface area (Å²) in [6.45, 7) is 6.74. The maximum Gasteiger partial charge on any atom is 0.257 e. The lowest BCUT2D eigenvalue weighted by molar-refractivity contribution is 0.0977. The van der Waals surface area contributed by atoms with E-state index in [0.717, 1.165) is 43.1 Å². The number of amides is 1. The number of nitrogens with one attached hydrogen (secondary N) is 2. The third-order valence-electron chi connectivity index (χ3n) is 4.83. The summed E-state index contributed by atoms with van der Waals surface area (Å²) in [5, 5.41) is 6.80. The number of thiocarbonyl (C=S) groups is 1. The number of anilines is 2. The first kappa shape index (κ1) is 22.4. The largest absolute Gasteiger partial charge is 0.493 e. The molecular formula is C23H28ClN3O2S. The Hall–Kier alpha value is -2.31. The van der Waals surface area contributed by atoms with Crippen LogP contribution in [0.2, 0.25) is 5.02 Å². The molecule has 2 aromatic rings. The second-order valence-electron chi connectivity index (χ2n) is 7.82. The number of carbonyl (C=O) groups is 1. The Morgan fingerprint density at radius 1 is 1.13 bits per heavy atom. The molecular weight excluding hydrogens is 418 g/mol. The summed E-state index contributed by atoms with van der Waals surface area (Å²) in [4.78, 5) is 14.8. The summed E-state index contributed by atoms with van der Waals surface area (Å²) in [7, 11) is 0. The van der Waals surface area contributed by atoms with Crippen LogP contribution in [-0.4, -0.2) is 30.7 Å². The van der Waals surface area contributed by atoms with E-state index in [1.807, 2.05) is 18.2 Å². The van der Waals surface area contributed by atoms with Crippen molar-refractivity contribution < 1.29 is 9.53 Å². The van der Waals surface area contributed by atoms with E-state index in [4.69, 9.17) is 28.6 Å². The summed E-state index contributed by atoms with van der Waals surface area (Å²) in [6.07, 6.45) is 3.52. The predicted octanol–water partition coefficient (Wildman–Crippen LogP) is 5.49. The molecule has 5 nitrogen and oxygen atoms in total. The van der Waals surface area contributed by atoms with E-state index in [1.165, 1.54) is 6.42 Å². The maximum atomic E-state index is 12.6. The summed E-state index contributed by atoms with van der Waals surface area (Å²) in [6, 6.07) is 12.7. The Morgan fingerprint density at radius 3 is 2.50 bits per heavy atom. The van der Waals surface area contributed by atoms with Crippen molar-refractivity contribution in [1.82, 2.24) is 5.32 Å². The number of nitrogens with zero attached hydrogens (tertiary/aromatic N) is 1. The Morgan fingerprint density at radius 2 is 1.83 bits per heavy atom. The average Bonchev–Trinajstić information content (AvgIpc) is 2.73. The molecule has 1 saturated heterocycles. The molecule has 1 amide bonds. The Labute approximate surface area is 188 Å². The highest BCUT2D eigenvalue weighted by Gasteiger charge is 2.18. The number of carbonyl (C=O) groups excluding carboxylic acids is 1. The quantitative estimate of drug-likeness (QED) is 0.575. The molecule has 0 aromatic heterocycles. The topological polar surface area (TPSA) is 53.6 Å². The van der Waals surface area contributed by atoms with Gasteiger partial charge in [-0.25, -0.2) is 0 Å². The molecule has 0 atom stereocenters. The van der Waals surface area contributed by atoms with Crippen LogP contribution in [0.3, 0.4) is 0 Å². The summed E-state index contributed by atoms with van der Waals surface area (Å²) >= 11 is 11.9. The summed E-state index contributed by atoms with van der Waals surface area (Å²) in [5.41, 5.74) is 2.24. The van der Waals surface area contributed by atoms with Crippen molar-refractivity contribution >= 4 is 46.2 Å². The molecule has 0 radical (unpaired) electrons. The number of ether oxygens (including phenoxy) is 1. The molecule has 0 saturated carbocycles. The molecule has 0 bridgehead atoms. The van der Waals surface area contributed by atoms with Crippen molar-refractivity contribution in [3.8, 4) is 5.75 Å². The molecule has 2 N–H and O–H groups in total. The lowest BCUT2D eigenvalue weighted by Crippen LogP contribution is -2.35. The first-order chi connectivity index (χ1) is 14.4. The normalized spacial score (nSPS) is 13.8. The molecule has 1 fully saturated rings. The molecule has 0 unspecified atom stereocenters. The minimum Gasteiger partial charge on any atom is -0.493 e. The zero-order valence-electron chi connectivity index (χ0n) is 17.4. The Bertz CT molecular complexity index is 881. The van der Waals surface area contributed by atoms with Gasteiger partial charge in [0.25, 0.3) is 5.91 Å². The lowest BCUT2D eigenvalue weighted by atomic mass is 10.1. The molecule has 3 rings (SSSR count). The summed E-state index contributed by atoms with van der Waals surface area (Å²) < 4.78 is 5.66. The molecule has 1 aliphatic heterocycles. The number of rotatable bonds is 6. The molecule has 2 aromatic carbocycles. The van der Waals surface area contributed by atoms with Crippen LogP contribution in [0.1, 0.15) is 43.5 Å². The van der Waals surface area contributed by atoms with Crippen LogP contribution in [0.4, 0.5) is 11.4 Å². The number of hydrogen-bond acceptors (Lipinski definition) is 4. The van der Waals surface area contributed by atoms with E-state index >= 15 is 0 Å². The van der Waals surface area contributed by atoms with Crippen molar-refractivity contribution in [3.05, 3.63) is 53.1 Å². The molecule has 7 heteroatoms. The standard InChI is InChI=1S/C23H28ClN3O2S/c1-16(2)15-29-18-11-9-17(10-12-18)22(28)26-23(30)25-20-8-6-7-19(24)21(20)27-13-4-3-5-14-27/h6-12,16H,3-5,13-15H2,1-2H3,(H2,25,26,28,30). The van der Waals surface area contributed by atoms with Gasteiger partial charge in [-0.3, -0.25) is 10.1 Å². The third kappa shape index (κ3) is 6.09. The zero-order chi connectivity index (χ0) is 21.5. The van der Waals surface area contributed by atoms with E-state index in [2.05, 4.69) is 29.4 Å². The van der Waals surface area contributed by atoms with Crippen LogP contribution < -0.4 is 20.3 Å². The van der Waals surface area contributed by atoms with Crippen LogP contribution >= 0.6 is 23.8 Å². The van der Waals surface area contributed by atoms with Crippen molar-refractivity contribution in [3.63, 3.8) is 0 Å². The van der Waals surface area contributed by atoms with Gasteiger partial charge in [0, 0.05) is 18.7 Å². The minimum atomic E-state index is -0.274. The van der Waals surface area contributed by atoms with Gasteiger partial charge in [0.1, 0.15) is 5.75 Å². The first-order valence-corrected chi connectivity index (χ1v) is 11.1. The molecule has 0 aliphatic carbocycles. The van der Waals surface area contributed by atoms with E-state index < -0.39 is 0 Å². The van der Waals surface area contributed by atoms with Crippen molar-refractivity contribution in [2.45, 2.75) is 33.1 Å². The Balaban J connectivity index is 1.63. The van der Waals surface area contributed by atoms with Gasteiger partial charge < -0.3 is 15.0 Å². The molecule has 30 heavy (non-hydrogen) atoms. The molecule has 1 heterocycles. The van der Waals surface area contributed by atoms with Crippen LogP contribution in [0.15, 0.2) is 42.5 Å². The molecule has 160 valence electrons. The second kappa shape index (κ2) is 10.6. The minimum absolute atomic E-state index is 0.237.